The van der Waals surface area contributed by atoms with Crippen LogP contribution in [0.1, 0.15) is 19.8 Å². The molecule has 0 saturated carbocycles. The van der Waals surface area contributed by atoms with Crippen LogP contribution in [0.25, 0.3) is 0 Å². The lowest BCUT2D eigenvalue weighted by Crippen LogP contribution is -2.57. The molecule has 2 heterocycles. The van der Waals surface area contributed by atoms with Crippen LogP contribution in [0.3, 0.4) is 0 Å². The number of β-amino-alcohol motifs (C(OH)–C–C–N with tert-alkyl or cyclic N) is 2. The third-order valence-corrected chi connectivity index (χ3v) is 5.38. The zero-order chi connectivity index (χ0) is 16.4. The van der Waals surface area contributed by atoms with E-state index < -0.39 is 18.3 Å². The summed E-state index contributed by atoms with van der Waals surface area (Å²) in [5.41, 5.74) is 1.47. The maximum Gasteiger partial charge on any atom is 0.108 e. The SMILES string of the molecule is CC1(CN2C[C@@H](O)[C@H](O)[C@@H](O)C2)CCN(c2ccccc2)CC1. The maximum absolute atomic E-state index is 9.86. The Kier molecular flexibility index (Phi) is 4.92. The van der Waals surface area contributed by atoms with Crippen LogP contribution in [0.15, 0.2) is 30.3 Å². The molecule has 23 heavy (non-hydrogen) atoms. The topological polar surface area (TPSA) is 67.2 Å². The van der Waals surface area contributed by atoms with Gasteiger partial charge in [-0.05, 0) is 30.4 Å². The highest BCUT2D eigenvalue weighted by molar-refractivity contribution is 5.46. The minimum Gasteiger partial charge on any atom is -0.389 e. The summed E-state index contributed by atoms with van der Waals surface area (Å²) in [7, 11) is 0. The lowest BCUT2D eigenvalue weighted by atomic mass is 9.79. The van der Waals surface area contributed by atoms with Crippen LogP contribution in [0.4, 0.5) is 5.69 Å². The first kappa shape index (κ1) is 16.7. The van der Waals surface area contributed by atoms with Crippen molar-refractivity contribution in [3.8, 4) is 0 Å². The van der Waals surface area contributed by atoms with Crippen molar-refractivity contribution in [2.24, 2.45) is 5.41 Å². The van der Waals surface area contributed by atoms with Crippen LogP contribution >= 0.6 is 0 Å². The first-order valence-corrected chi connectivity index (χ1v) is 8.53. The van der Waals surface area contributed by atoms with Gasteiger partial charge < -0.3 is 20.2 Å². The van der Waals surface area contributed by atoms with Crippen LogP contribution < -0.4 is 4.90 Å². The number of anilines is 1. The summed E-state index contributed by atoms with van der Waals surface area (Å²) in [6.07, 6.45) is -0.544. The molecule has 3 atom stereocenters. The van der Waals surface area contributed by atoms with E-state index in [2.05, 4.69) is 41.0 Å². The van der Waals surface area contributed by atoms with Gasteiger partial charge in [0.25, 0.3) is 0 Å². The number of nitrogens with zero attached hydrogens (tertiary/aromatic N) is 2. The van der Waals surface area contributed by atoms with Crippen molar-refractivity contribution in [1.82, 2.24) is 4.90 Å². The van der Waals surface area contributed by atoms with Gasteiger partial charge in [0, 0.05) is 38.4 Å². The number of hydrogen-bond acceptors (Lipinski definition) is 5. The predicted octanol–water partition coefficient (Wildman–Crippen LogP) is 0.691. The summed E-state index contributed by atoms with van der Waals surface area (Å²) < 4.78 is 0. The van der Waals surface area contributed by atoms with Crippen LogP contribution in [0.2, 0.25) is 0 Å². The van der Waals surface area contributed by atoms with Gasteiger partial charge in [0.1, 0.15) is 6.10 Å². The molecule has 128 valence electrons. The maximum atomic E-state index is 9.86. The Morgan fingerprint density at radius 3 is 2.13 bits per heavy atom. The number of piperidine rings is 2. The van der Waals surface area contributed by atoms with Crippen LogP contribution in [-0.4, -0.2) is 71.3 Å². The number of benzene rings is 1. The average Bonchev–Trinajstić information content (AvgIpc) is 2.54. The van der Waals surface area contributed by atoms with Gasteiger partial charge in [-0.15, -0.1) is 0 Å². The van der Waals surface area contributed by atoms with E-state index in [0.29, 0.717) is 13.1 Å². The summed E-state index contributed by atoms with van der Waals surface area (Å²) in [5, 5.41) is 29.4. The van der Waals surface area contributed by atoms with Crippen molar-refractivity contribution in [3.63, 3.8) is 0 Å². The lowest BCUT2D eigenvalue weighted by molar-refractivity contribution is -0.115. The fourth-order valence-electron chi connectivity index (χ4n) is 3.85. The molecule has 3 N–H and O–H groups in total. The van der Waals surface area contributed by atoms with Crippen molar-refractivity contribution in [1.29, 1.82) is 0 Å². The Bertz CT molecular complexity index is 490. The van der Waals surface area contributed by atoms with E-state index in [1.54, 1.807) is 0 Å². The Hall–Kier alpha value is -1.14. The highest BCUT2D eigenvalue weighted by Crippen LogP contribution is 2.34. The highest BCUT2D eigenvalue weighted by atomic mass is 16.4. The predicted molar refractivity (Wildman–Crippen MR) is 90.5 cm³/mol. The largest absolute Gasteiger partial charge is 0.389 e. The van der Waals surface area contributed by atoms with Crippen molar-refractivity contribution in [3.05, 3.63) is 30.3 Å². The van der Waals surface area contributed by atoms with E-state index in [9.17, 15) is 15.3 Å². The zero-order valence-corrected chi connectivity index (χ0v) is 13.8. The number of aliphatic hydroxyl groups excluding tert-OH is 3. The average molecular weight is 320 g/mol. The van der Waals surface area contributed by atoms with Crippen molar-refractivity contribution in [2.75, 3.05) is 37.6 Å². The fraction of sp³-hybridized carbons (Fsp3) is 0.667. The van der Waals surface area contributed by atoms with Gasteiger partial charge >= 0.3 is 0 Å². The number of aliphatic hydroxyl groups is 3. The molecule has 3 rings (SSSR count). The first-order chi connectivity index (χ1) is 11.0. The summed E-state index contributed by atoms with van der Waals surface area (Å²) >= 11 is 0. The second-order valence-corrected chi connectivity index (χ2v) is 7.45. The Balaban J connectivity index is 1.55. The molecule has 5 heteroatoms. The van der Waals surface area contributed by atoms with Crippen molar-refractivity contribution in [2.45, 2.75) is 38.1 Å². The smallest absolute Gasteiger partial charge is 0.108 e. The number of likely N-dealkylation sites (tertiary alicyclic amines) is 1. The normalized spacial score (nSPS) is 32.0. The third-order valence-electron chi connectivity index (χ3n) is 5.38. The van der Waals surface area contributed by atoms with Gasteiger partial charge in [-0.3, -0.25) is 4.90 Å². The number of hydrogen-bond donors (Lipinski definition) is 3. The minimum atomic E-state index is -1.01. The van der Waals surface area contributed by atoms with E-state index in [4.69, 9.17) is 0 Å². The molecule has 0 unspecified atom stereocenters. The standard InChI is InChI=1S/C18H28N2O3/c1-18(13-19-11-15(21)17(23)16(22)12-19)7-9-20(10-8-18)14-5-3-2-4-6-14/h2-6,15-17,21-23H,7-13H2,1H3/t15-,16+,17+. The molecule has 0 amide bonds. The van der Waals surface area contributed by atoms with E-state index >= 15 is 0 Å². The van der Waals surface area contributed by atoms with E-state index in [1.807, 2.05) is 6.07 Å². The highest BCUT2D eigenvalue weighted by Gasteiger charge is 2.38. The molecule has 0 aromatic heterocycles. The van der Waals surface area contributed by atoms with Crippen LogP contribution in [0, 0.1) is 5.41 Å². The molecule has 0 aliphatic carbocycles. The summed E-state index contributed by atoms with van der Waals surface area (Å²) in [5.74, 6) is 0. The van der Waals surface area contributed by atoms with Gasteiger partial charge in [0.15, 0.2) is 0 Å². The molecule has 1 aromatic carbocycles. The van der Waals surface area contributed by atoms with Gasteiger partial charge in [-0.2, -0.15) is 0 Å². The second-order valence-electron chi connectivity index (χ2n) is 7.45. The van der Waals surface area contributed by atoms with Gasteiger partial charge in [0.2, 0.25) is 0 Å². The van der Waals surface area contributed by atoms with E-state index in [0.717, 1.165) is 32.5 Å². The number of rotatable bonds is 3. The fourth-order valence-corrected chi connectivity index (χ4v) is 3.85. The molecule has 0 spiro atoms. The molecular weight excluding hydrogens is 292 g/mol. The minimum absolute atomic E-state index is 0.188. The monoisotopic (exact) mass is 320 g/mol. The molecule has 0 bridgehead atoms. The summed E-state index contributed by atoms with van der Waals surface area (Å²) in [6.45, 7) is 6.09. The summed E-state index contributed by atoms with van der Waals surface area (Å²) in [4.78, 5) is 4.52. The third kappa shape index (κ3) is 3.86. The first-order valence-electron chi connectivity index (χ1n) is 8.53. The van der Waals surface area contributed by atoms with Crippen molar-refractivity contribution < 1.29 is 15.3 Å². The van der Waals surface area contributed by atoms with Gasteiger partial charge in [0.05, 0.1) is 12.2 Å². The molecule has 5 nitrogen and oxygen atoms in total. The van der Waals surface area contributed by atoms with E-state index in [1.165, 1.54) is 5.69 Å². The Morgan fingerprint density at radius 1 is 1.00 bits per heavy atom. The molecule has 2 aliphatic heterocycles. The van der Waals surface area contributed by atoms with Crippen molar-refractivity contribution >= 4 is 5.69 Å². The lowest BCUT2D eigenvalue weighted by Gasteiger charge is -2.45. The van der Waals surface area contributed by atoms with Crippen LogP contribution in [-0.2, 0) is 0 Å². The number of para-hydroxylation sites is 1. The zero-order valence-electron chi connectivity index (χ0n) is 13.8. The van der Waals surface area contributed by atoms with Crippen LogP contribution in [0.5, 0.6) is 0 Å². The molecule has 2 fully saturated rings. The quantitative estimate of drug-likeness (QED) is 0.765. The second kappa shape index (κ2) is 6.77. The van der Waals surface area contributed by atoms with E-state index in [-0.39, 0.29) is 5.41 Å². The molecule has 0 radical (unpaired) electrons. The Morgan fingerprint density at radius 2 is 1.57 bits per heavy atom. The molecule has 2 saturated heterocycles. The summed E-state index contributed by atoms with van der Waals surface area (Å²) in [6, 6.07) is 10.5. The molecule has 2 aliphatic rings. The molecule has 1 aromatic rings. The van der Waals surface area contributed by atoms with Gasteiger partial charge in [-0.25, -0.2) is 0 Å². The Labute approximate surface area is 138 Å². The molecular formula is C18H28N2O3. The van der Waals surface area contributed by atoms with Gasteiger partial charge in [-0.1, -0.05) is 25.1 Å².